The molecule has 0 bridgehead atoms. The predicted octanol–water partition coefficient (Wildman–Crippen LogP) is 4.52. The van der Waals surface area contributed by atoms with Crippen LogP contribution in [-0.4, -0.2) is 36.0 Å². The number of fused-ring (bicyclic) bond motifs is 1. The Morgan fingerprint density at radius 3 is 2.59 bits per heavy atom. The minimum atomic E-state index is 0.267. The van der Waals surface area contributed by atoms with Crippen LogP contribution in [0.4, 0.5) is 0 Å². The third kappa shape index (κ3) is 3.85. The van der Waals surface area contributed by atoms with Crippen molar-refractivity contribution in [3.05, 3.63) is 65.9 Å². The molecule has 3 aromatic rings. The molecule has 140 valence electrons. The van der Waals surface area contributed by atoms with Gasteiger partial charge in [-0.25, -0.2) is 0 Å². The number of piperidine rings is 1. The minimum absolute atomic E-state index is 0.267. The van der Waals surface area contributed by atoms with Gasteiger partial charge in [0.05, 0.1) is 7.11 Å². The molecule has 27 heavy (non-hydrogen) atoms. The van der Waals surface area contributed by atoms with Crippen LogP contribution in [0.2, 0.25) is 0 Å². The number of methoxy groups -OCH3 is 1. The summed E-state index contributed by atoms with van der Waals surface area (Å²) >= 11 is 0. The lowest BCUT2D eigenvalue weighted by atomic mass is 9.89. The molecule has 2 heterocycles. The van der Waals surface area contributed by atoms with Crippen LogP contribution in [0, 0.1) is 0 Å². The van der Waals surface area contributed by atoms with Crippen molar-refractivity contribution in [1.82, 2.24) is 9.88 Å². The molecular weight excluding hydrogens is 336 g/mol. The maximum atomic E-state index is 12.6. The first-order chi connectivity index (χ1) is 13.2. The molecular formula is C23H26N2O2. The van der Waals surface area contributed by atoms with Gasteiger partial charge in [0, 0.05) is 36.6 Å². The highest BCUT2D eigenvalue weighted by atomic mass is 16.5. The summed E-state index contributed by atoms with van der Waals surface area (Å²) in [5.74, 6) is 1.65. The van der Waals surface area contributed by atoms with Crippen LogP contribution in [0.5, 0.6) is 5.75 Å². The molecule has 0 spiro atoms. The number of rotatable bonds is 5. The molecule has 1 aromatic heterocycles. The van der Waals surface area contributed by atoms with E-state index in [1.165, 1.54) is 22.0 Å². The van der Waals surface area contributed by atoms with Crippen molar-refractivity contribution in [2.75, 3.05) is 20.2 Å². The molecule has 4 nitrogen and oxygen atoms in total. The van der Waals surface area contributed by atoms with E-state index in [1.54, 1.807) is 7.11 Å². The molecule has 0 aliphatic carbocycles. The van der Waals surface area contributed by atoms with Crippen LogP contribution < -0.4 is 4.74 Å². The molecule has 4 heteroatoms. The summed E-state index contributed by atoms with van der Waals surface area (Å²) in [6, 6.07) is 16.4. The number of carbonyl (C=O) groups excluding carboxylic acids is 1. The zero-order valence-corrected chi connectivity index (χ0v) is 15.8. The van der Waals surface area contributed by atoms with Gasteiger partial charge in [-0.2, -0.15) is 0 Å². The van der Waals surface area contributed by atoms with E-state index in [2.05, 4.69) is 35.4 Å². The summed E-state index contributed by atoms with van der Waals surface area (Å²) in [7, 11) is 1.67. The number of likely N-dealkylation sites (tertiary alicyclic amines) is 1. The number of aromatic nitrogens is 1. The van der Waals surface area contributed by atoms with Crippen LogP contribution >= 0.6 is 0 Å². The molecule has 4 rings (SSSR count). The lowest BCUT2D eigenvalue weighted by molar-refractivity contribution is -0.132. The number of nitrogens with zero attached hydrogens (tertiary/aromatic N) is 1. The van der Waals surface area contributed by atoms with Gasteiger partial charge in [-0.1, -0.05) is 30.3 Å². The van der Waals surface area contributed by atoms with Crippen LogP contribution in [0.3, 0.4) is 0 Å². The van der Waals surface area contributed by atoms with Crippen molar-refractivity contribution in [3.63, 3.8) is 0 Å². The maximum absolute atomic E-state index is 12.6. The molecule has 1 saturated heterocycles. The van der Waals surface area contributed by atoms with Crippen molar-refractivity contribution in [2.45, 2.75) is 31.6 Å². The summed E-state index contributed by atoms with van der Waals surface area (Å²) in [6.45, 7) is 1.71. The maximum Gasteiger partial charge on any atom is 0.222 e. The second kappa shape index (κ2) is 7.87. The standard InChI is InChI=1S/C23H26N2O2/c1-27-19-9-6-17(7-10-19)8-11-23(26)25-14-12-18(13-15-25)21-16-24-22-5-3-2-4-20(21)22/h2-7,9-10,16,18,24H,8,11-15H2,1H3. The zero-order valence-electron chi connectivity index (χ0n) is 15.8. The van der Waals surface area contributed by atoms with Gasteiger partial charge in [0.2, 0.25) is 5.91 Å². The van der Waals surface area contributed by atoms with Gasteiger partial charge in [-0.3, -0.25) is 4.79 Å². The van der Waals surface area contributed by atoms with Gasteiger partial charge >= 0.3 is 0 Å². The Hall–Kier alpha value is -2.75. The quantitative estimate of drug-likeness (QED) is 0.725. The second-order valence-electron chi connectivity index (χ2n) is 7.29. The normalized spacial score (nSPS) is 15.2. The molecule has 1 N–H and O–H groups in total. The van der Waals surface area contributed by atoms with Crippen molar-refractivity contribution >= 4 is 16.8 Å². The highest BCUT2D eigenvalue weighted by Gasteiger charge is 2.25. The lowest BCUT2D eigenvalue weighted by Crippen LogP contribution is -2.38. The molecule has 0 unspecified atom stereocenters. The van der Waals surface area contributed by atoms with E-state index in [9.17, 15) is 4.79 Å². The minimum Gasteiger partial charge on any atom is -0.497 e. The number of benzene rings is 2. The number of aromatic amines is 1. The van der Waals surface area contributed by atoms with Crippen LogP contribution in [0.15, 0.2) is 54.7 Å². The van der Waals surface area contributed by atoms with E-state index < -0.39 is 0 Å². The number of nitrogens with one attached hydrogen (secondary N) is 1. The second-order valence-corrected chi connectivity index (χ2v) is 7.29. The largest absolute Gasteiger partial charge is 0.497 e. The summed E-state index contributed by atoms with van der Waals surface area (Å²) in [4.78, 5) is 18.0. The summed E-state index contributed by atoms with van der Waals surface area (Å²) in [5, 5.41) is 1.32. The van der Waals surface area contributed by atoms with Crippen LogP contribution in [-0.2, 0) is 11.2 Å². The van der Waals surface area contributed by atoms with E-state index in [4.69, 9.17) is 4.74 Å². The molecule has 0 saturated carbocycles. The molecule has 1 aliphatic heterocycles. The first-order valence-corrected chi connectivity index (χ1v) is 9.71. The van der Waals surface area contributed by atoms with Gasteiger partial charge in [0.25, 0.3) is 0 Å². The highest BCUT2D eigenvalue weighted by molar-refractivity contribution is 5.83. The number of carbonyl (C=O) groups is 1. The third-order valence-electron chi connectivity index (χ3n) is 5.70. The first kappa shape index (κ1) is 17.7. The Morgan fingerprint density at radius 1 is 1.11 bits per heavy atom. The average Bonchev–Trinajstić information content (AvgIpc) is 3.16. The van der Waals surface area contributed by atoms with E-state index >= 15 is 0 Å². The van der Waals surface area contributed by atoms with Gasteiger partial charge in [-0.15, -0.1) is 0 Å². The Bertz CT molecular complexity index is 906. The van der Waals surface area contributed by atoms with Gasteiger partial charge in [0.1, 0.15) is 5.75 Å². The highest BCUT2D eigenvalue weighted by Crippen LogP contribution is 2.33. The van der Waals surface area contributed by atoms with E-state index in [0.29, 0.717) is 12.3 Å². The predicted molar refractivity (Wildman–Crippen MR) is 108 cm³/mol. The molecule has 0 atom stereocenters. The van der Waals surface area contributed by atoms with Crippen molar-refractivity contribution < 1.29 is 9.53 Å². The summed E-state index contributed by atoms with van der Waals surface area (Å²) in [6.07, 6.45) is 5.58. The van der Waals surface area contributed by atoms with E-state index in [1.807, 2.05) is 29.2 Å². The summed E-state index contributed by atoms with van der Waals surface area (Å²) in [5.41, 5.74) is 3.78. The zero-order chi connectivity index (χ0) is 18.6. The van der Waals surface area contributed by atoms with Crippen molar-refractivity contribution in [3.8, 4) is 5.75 Å². The Morgan fingerprint density at radius 2 is 1.85 bits per heavy atom. The van der Waals surface area contributed by atoms with E-state index in [-0.39, 0.29) is 5.91 Å². The molecule has 0 radical (unpaired) electrons. The lowest BCUT2D eigenvalue weighted by Gasteiger charge is -2.32. The third-order valence-corrected chi connectivity index (χ3v) is 5.70. The fraction of sp³-hybridized carbons (Fsp3) is 0.348. The number of aryl methyl sites for hydroxylation is 1. The topological polar surface area (TPSA) is 45.3 Å². The monoisotopic (exact) mass is 362 g/mol. The number of hydrogen-bond donors (Lipinski definition) is 1. The smallest absolute Gasteiger partial charge is 0.222 e. The molecule has 2 aromatic carbocycles. The SMILES string of the molecule is COc1ccc(CCC(=O)N2CCC(c3c[nH]c4ccccc34)CC2)cc1. The van der Waals surface area contributed by atoms with Crippen molar-refractivity contribution in [2.24, 2.45) is 0 Å². The number of ether oxygens (including phenoxy) is 1. The fourth-order valence-corrected chi connectivity index (χ4v) is 4.07. The van der Waals surface area contributed by atoms with Gasteiger partial charge in [-0.05, 0) is 54.5 Å². The number of hydrogen-bond acceptors (Lipinski definition) is 2. The van der Waals surface area contributed by atoms with Crippen molar-refractivity contribution in [1.29, 1.82) is 0 Å². The number of H-pyrrole nitrogens is 1. The molecule has 1 fully saturated rings. The average molecular weight is 362 g/mol. The first-order valence-electron chi connectivity index (χ1n) is 9.71. The number of amides is 1. The Balaban J connectivity index is 1.31. The Labute approximate surface area is 160 Å². The number of para-hydroxylation sites is 1. The van der Waals surface area contributed by atoms with Crippen LogP contribution in [0.25, 0.3) is 10.9 Å². The van der Waals surface area contributed by atoms with Gasteiger partial charge in [0.15, 0.2) is 0 Å². The van der Waals surface area contributed by atoms with Gasteiger partial charge < -0.3 is 14.6 Å². The summed E-state index contributed by atoms with van der Waals surface area (Å²) < 4.78 is 5.18. The van der Waals surface area contributed by atoms with E-state index in [0.717, 1.165) is 38.1 Å². The Kier molecular flexibility index (Phi) is 5.14. The fourth-order valence-electron chi connectivity index (χ4n) is 4.07. The molecule has 1 aliphatic rings. The van der Waals surface area contributed by atoms with Crippen LogP contribution in [0.1, 0.15) is 36.3 Å². The molecule has 1 amide bonds.